The van der Waals surface area contributed by atoms with E-state index in [1.165, 1.54) is 14.2 Å². The van der Waals surface area contributed by atoms with Gasteiger partial charge in [-0.05, 0) is 96.1 Å². The van der Waals surface area contributed by atoms with E-state index < -0.39 is 0 Å². The summed E-state index contributed by atoms with van der Waals surface area (Å²) in [6.45, 7) is 0. The lowest BCUT2D eigenvalue weighted by Crippen LogP contribution is -2.17. The topological polar surface area (TPSA) is 122 Å². The lowest BCUT2D eigenvalue weighted by Gasteiger charge is -2.10. The number of benzene rings is 2. The largest absolute Gasteiger partial charge is 0.504 e. The number of nitrogens with one attached hydrogen (secondary N) is 4. The Balaban J connectivity index is 1.58. The van der Waals surface area contributed by atoms with E-state index in [0.717, 1.165) is 66.4 Å². The lowest BCUT2D eigenvalue weighted by molar-refractivity contribution is 0.373. The maximum atomic E-state index is 10.7. The first kappa shape index (κ1) is 25.2. The number of fused-ring (bicyclic) bond motifs is 8. The number of ether oxygens (including phenoxy) is 2. The summed E-state index contributed by atoms with van der Waals surface area (Å²) in [7, 11) is 3.06. The van der Waals surface area contributed by atoms with Crippen LogP contribution in [0.3, 0.4) is 0 Å². The van der Waals surface area contributed by atoms with E-state index in [0.29, 0.717) is 11.5 Å². The molecule has 208 valence electrons. The van der Waals surface area contributed by atoms with Crippen molar-refractivity contribution in [2.75, 3.05) is 14.2 Å². The molecule has 0 aliphatic carbocycles. The van der Waals surface area contributed by atoms with Gasteiger partial charge in [0.25, 0.3) is 0 Å². The highest BCUT2D eigenvalue weighted by Gasteiger charge is 2.16. The highest BCUT2D eigenvalue weighted by molar-refractivity contribution is 5.81. The van der Waals surface area contributed by atoms with Gasteiger partial charge in [-0.3, -0.25) is 0 Å². The van der Waals surface area contributed by atoms with Crippen LogP contribution in [0.2, 0.25) is 0 Å². The van der Waals surface area contributed by atoms with Crippen LogP contribution in [0.15, 0.2) is 84.9 Å². The van der Waals surface area contributed by atoms with Crippen molar-refractivity contribution in [2.24, 2.45) is 0 Å². The molecule has 0 radical (unpaired) electrons. The van der Waals surface area contributed by atoms with Gasteiger partial charge in [-0.15, -0.1) is 0 Å². The standard InChI is InChI=1S/C34H28N4O4/c1-41-31-13-3-19(15-29(31)39)33-25-9-7-23(36-25)17-21-5-6-22(35-21)18-24-8-10-26(37-24)34(28-12-11-27(33)38-28)20-4-14-32(42-2)30(40)16-20/h3-18,35-40H,1-2H3. The molecular weight excluding hydrogens is 528 g/mol. The summed E-state index contributed by atoms with van der Waals surface area (Å²) in [6, 6.07) is 27.0. The van der Waals surface area contributed by atoms with Gasteiger partial charge in [0, 0.05) is 55.3 Å². The van der Waals surface area contributed by atoms with Crippen LogP contribution in [0, 0.1) is 0 Å². The summed E-state index contributed by atoms with van der Waals surface area (Å²) < 4.78 is 10.6. The molecular formula is C34H28N4O4. The van der Waals surface area contributed by atoms with Crippen LogP contribution in [-0.4, -0.2) is 44.4 Å². The number of aromatic amines is 4. The Morgan fingerprint density at radius 1 is 0.500 bits per heavy atom. The predicted molar refractivity (Wildman–Crippen MR) is 161 cm³/mol. The SMILES string of the molecule is COc1ccc(C2=c3ccc([nH]3)=C(c3ccc(OC)c(O)c3)c3ccc([nH]3)C=c3ccc([nH]3)=Cc3ccc2[nH]3)cc1O. The summed E-state index contributed by atoms with van der Waals surface area (Å²) in [6.07, 6.45) is 4.11. The van der Waals surface area contributed by atoms with Crippen molar-refractivity contribution in [3.63, 3.8) is 0 Å². The van der Waals surface area contributed by atoms with Gasteiger partial charge in [-0.2, -0.15) is 0 Å². The number of aromatic nitrogens is 4. The van der Waals surface area contributed by atoms with E-state index >= 15 is 0 Å². The van der Waals surface area contributed by atoms with Gasteiger partial charge >= 0.3 is 0 Å². The molecule has 0 amide bonds. The molecule has 7 rings (SSSR count). The minimum Gasteiger partial charge on any atom is -0.504 e. The van der Waals surface area contributed by atoms with E-state index in [2.05, 4.69) is 32.1 Å². The number of H-pyrrole nitrogens is 4. The van der Waals surface area contributed by atoms with Gasteiger partial charge in [0.1, 0.15) is 0 Å². The normalized spacial score (nSPS) is 12.5. The summed E-state index contributed by atoms with van der Waals surface area (Å²) in [5.74, 6) is 0.902. The number of rotatable bonds is 4. The third-order valence-electron chi connectivity index (χ3n) is 7.47. The molecule has 8 nitrogen and oxygen atoms in total. The molecule has 6 aromatic rings. The number of hydrogen-bond donors (Lipinski definition) is 6. The van der Waals surface area contributed by atoms with Crippen molar-refractivity contribution in [1.29, 1.82) is 0 Å². The number of hydrogen-bond acceptors (Lipinski definition) is 4. The number of methoxy groups -OCH3 is 2. The minimum absolute atomic E-state index is 0.0507. The molecule has 2 aromatic carbocycles. The fourth-order valence-corrected chi connectivity index (χ4v) is 5.51. The van der Waals surface area contributed by atoms with E-state index in [1.807, 2.05) is 60.7 Å². The third kappa shape index (κ3) is 4.45. The van der Waals surface area contributed by atoms with Crippen molar-refractivity contribution in [3.8, 4) is 23.0 Å². The Labute approximate surface area is 240 Å². The molecule has 8 bridgehead atoms. The van der Waals surface area contributed by atoms with Crippen molar-refractivity contribution in [3.05, 3.63) is 140 Å². The van der Waals surface area contributed by atoms with Crippen molar-refractivity contribution < 1.29 is 19.7 Å². The van der Waals surface area contributed by atoms with Crippen LogP contribution >= 0.6 is 0 Å². The Kier molecular flexibility index (Phi) is 6.01. The smallest absolute Gasteiger partial charge is 0.160 e. The van der Waals surface area contributed by atoms with E-state index in [1.54, 1.807) is 24.3 Å². The first-order chi connectivity index (χ1) is 20.5. The molecule has 0 unspecified atom stereocenters. The third-order valence-corrected chi connectivity index (χ3v) is 7.47. The predicted octanol–water partition coefficient (Wildman–Crippen LogP) is 2.89. The molecule has 1 aliphatic rings. The Bertz CT molecular complexity index is 2060. The molecule has 0 fully saturated rings. The van der Waals surface area contributed by atoms with Gasteiger partial charge in [-0.25, -0.2) is 0 Å². The molecule has 0 spiro atoms. The zero-order valence-corrected chi connectivity index (χ0v) is 22.9. The van der Waals surface area contributed by atoms with Gasteiger partial charge in [-0.1, -0.05) is 12.1 Å². The summed E-state index contributed by atoms with van der Waals surface area (Å²) in [5, 5.41) is 24.9. The van der Waals surface area contributed by atoms with E-state index in [9.17, 15) is 10.2 Å². The maximum absolute atomic E-state index is 10.7. The van der Waals surface area contributed by atoms with Gasteiger partial charge in [0.2, 0.25) is 0 Å². The molecule has 4 aromatic heterocycles. The quantitative estimate of drug-likeness (QED) is 0.200. The van der Waals surface area contributed by atoms with Crippen LogP contribution in [0.4, 0.5) is 0 Å². The highest BCUT2D eigenvalue weighted by Crippen LogP contribution is 2.32. The monoisotopic (exact) mass is 556 g/mol. The Morgan fingerprint density at radius 3 is 1.40 bits per heavy atom. The Morgan fingerprint density at radius 2 is 0.976 bits per heavy atom. The van der Waals surface area contributed by atoms with Crippen LogP contribution in [0.25, 0.3) is 23.3 Å². The van der Waals surface area contributed by atoms with Crippen LogP contribution in [0.5, 0.6) is 23.0 Å². The molecule has 8 heteroatoms. The average Bonchev–Trinajstić information content (AvgIpc) is 3.80. The molecule has 0 saturated carbocycles. The van der Waals surface area contributed by atoms with E-state index in [-0.39, 0.29) is 11.5 Å². The minimum atomic E-state index is 0.0507. The molecule has 0 saturated heterocycles. The Hall–Kier alpha value is -5.76. The van der Waals surface area contributed by atoms with Gasteiger partial charge in [0.05, 0.1) is 14.2 Å². The summed E-state index contributed by atoms with van der Waals surface area (Å²) >= 11 is 0. The lowest BCUT2D eigenvalue weighted by atomic mass is 10.0. The zero-order chi connectivity index (χ0) is 28.8. The second kappa shape index (κ2) is 10.0. The highest BCUT2D eigenvalue weighted by atomic mass is 16.5. The fraction of sp³-hybridized carbons (Fsp3) is 0.0588. The molecule has 42 heavy (non-hydrogen) atoms. The first-order valence-electron chi connectivity index (χ1n) is 13.4. The number of phenolic OH excluding ortho intramolecular Hbond substituents is 2. The van der Waals surface area contributed by atoms with Gasteiger partial charge < -0.3 is 39.6 Å². The summed E-state index contributed by atoms with van der Waals surface area (Å²) in [5.41, 5.74) is 6.95. The second-order valence-electron chi connectivity index (χ2n) is 10.1. The average molecular weight is 557 g/mol. The van der Waals surface area contributed by atoms with Crippen LogP contribution in [-0.2, 0) is 0 Å². The molecule has 0 atom stereocenters. The van der Waals surface area contributed by atoms with Crippen molar-refractivity contribution >= 4 is 23.3 Å². The number of phenols is 2. The van der Waals surface area contributed by atoms with Crippen LogP contribution in [0.1, 0.15) is 33.9 Å². The molecule has 6 N–H and O–H groups in total. The maximum Gasteiger partial charge on any atom is 0.160 e. The van der Waals surface area contributed by atoms with E-state index in [4.69, 9.17) is 9.47 Å². The first-order valence-corrected chi connectivity index (χ1v) is 13.4. The molecule has 5 heterocycles. The van der Waals surface area contributed by atoms with Crippen LogP contribution < -0.4 is 30.9 Å². The number of aromatic hydroxyl groups is 2. The zero-order valence-electron chi connectivity index (χ0n) is 22.9. The second-order valence-corrected chi connectivity index (χ2v) is 10.1. The molecule has 1 aliphatic heterocycles. The fourth-order valence-electron chi connectivity index (χ4n) is 5.51. The summed E-state index contributed by atoms with van der Waals surface area (Å²) in [4.78, 5) is 14.2. The van der Waals surface area contributed by atoms with Crippen molar-refractivity contribution in [1.82, 2.24) is 19.9 Å². The van der Waals surface area contributed by atoms with Crippen molar-refractivity contribution in [2.45, 2.75) is 0 Å². The van der Waals surface area contributed by atoms with Gasteiger partial charge in [0.15, 0.2) is 23.0 Å².